The van der Waals surface area contributed by atoms with Crippen molar-refractivity contribution >= 4 is 5.97 Å². The highest BCUT2D eigenvalue weighted by molar-refractivity contribution is 5.69. The fourth-order valence-corrected chi connectivity index (χ4v) is 2.50. The summed E-state index contributed by atoms with van der Waals surface area (Å²) in [6.45, 7) is 3.15. The summed E-state index contributed by atoms with van der Waals surface area (Å²) in [7, 11) is 1.76. The Morgan fingerprint density at radius 3 is 2.44 bits per heavy atom. The van der Waals surface area contributed by atoms with Crippen LogP contribution in [-0.4, -0.2) is 48.3 Å². The van der Waals surface area contributed by atoms with Crippen molar-refractivity contribution in [3.05, 3.63) is 0 Å². The number of ether oxygens (including phenoxy) is 1. The molecule has 0 spiro atoms. The fourth-order valence-electron chi connectivity index (χ4n) is 2.50. The smallest absolute Gasteiger partial charge is 0.317 e. The first-order chi connectivity index (χ1) is 7.67. The number of aliphatic carboxylic acids is 1. The van der Waals surface area contributed by atoms with Gasteiger partial charge < -0.3 is 9.84 Å². The molecule has 1 saturated carbocycles. The van der Waals surface area contributed by atoms with E-state index < -0.39 is 5.97 Å². The van der Waals surface area contributed by atoms with Gasteiger partial charge in [-0.15, -0.1) is 0 Å². The summed E-state index contributed by atoms with van der Waals surface area (Å²) in [4.78, 5) is 12.9. The minimum Gasteiger partial charge on any atom is -0.480 e. The topological polar surface area (TPSA) is 49.8 Å². The molecule has 4 nitrogen and oxygen atoms in total. The van der Waals surface area contributed by atoms with Gasteiger partial charge in [0.2, 0.25) is 0 Å². The molecule has 0 aromatic heterocycles. The van der Waals surface area contributed by atoms with Crippen molar-refractivity contribution < 1.29 is 14.6 Å². The monoisotopic (exact) mass is 229 g/mol. The van der Waals surface area contributed by atoms with E-state index in [4.69, 9.17) is 9.84 Å². The molecule has 0 unspecified atom stereocenters. The molecule has 0 radical (unpaired) electrons. The maximum absolute atomic E-state index is 10.8. The molecule has 16 heavy (non-hydrogen) atoms. The second-order valence-electron chi connectivity index (χ2n) is 4.53. The molecule has 0 aromatic carbocycles. The summed E-state index contributed by atoms with van der Waals surface area (Å²) in [5, 5.41) is 8.87. The third-order valence-corrected chi connectivity index (χ3v) is 3.34. The standard InChI is InChI=1S/C12H23NO3/c1-3-8-13(9-12(14)15)10-4-6-11(16-2)7-5-10/h10-11H,3-9H2,1-2H3,(H,14,15). The van der Waals surface area contributed by atoms with E-state index >= 15 is 0 Å². The Balaban J connectivity index is 2.42. The minimum atomic E-state index is -0.720. The molecule has 4 heteroatoms. The first kappa shape index (κ1) is 13.5. The van der Waals surface area contributed by atoms with E-state index in [0.717, 1.165) is 38.6 Å². The van der Waals surface area contributed by atoms with Gasteiger partial charge in [-0.05, 0) is 38.6 Å². The van der Waals surface area contributed by atoms with E-state index in [9.17, 15) is 4.79 Å². The predicted octanol–water partition coefficient (Wildman–Crippen LogP) is 1.74. The van der Waals surface area contributed by atoms with Crippen LogP contribution in [0.15, 0.2) is 0 Å². The quantitative estimate of drug-likeness (QED) is 0.753. The maximum Gasteiger partial charge on any atom is 0.317 e. The summed E-state index contributed by atoms with van der Waals surface area (Å²) in [5.74, 6) is -0.720. The lowest BCUT2D eigenvalue weighted by Gasteiger charge is -2.35. The average molecular weight is 229 g/mol. The summed E-state index contributed by atoms with van der Waals surface area (Å²) in [6, 6.07) is 0.433. The van der Waals surface area contributed by atoms with Crippen molar-refractivity contribution in [1.29, 1.82) is 0 Å². The normalized spacial score (nSPS) is 25.9. The van der Waals surface area contributed by atoms with Gasteiger partial charge in [0, 0.05) is 13.2 Å². The SMILES string of the molecule is CCCN(CC(=O)O)C1CCC(OC)CC1. The minimum absolute atomic E-state index is 0.177. The Morgan fingerprint density at radius 1 is 1.38 bits per heavy atom. The first-order valence-electron chi connectivity index (χ1n) is 6.16. The molecule has 0 saturated heterocycles. The molecule has 0 amide bonds. The lowest BCUT2D eigenvalue weighted by atomic mass is 9.91. The Morgan fingerprint density at radius 2 is 2.00 bits per heavy atom. The number of carbonyl (C=O) groups is 1. The Labute approximate surface area is 97.6 Å². The number of hydrogen-bond donors (Lipinski definition) is 1. The molecule has 94 valence electrons. The van der Waals surface area contributed by atoms with E-state index in [-0.39, 0.29) is 6.54 Å². The number of nitrogens with zero attached hydrogens (tertiary/aromatic N) is 1. The first-order valence-corrected chi connectivity index (χ1v) is 6.16. The van der Waals surface area contributed by atoms with Gasteiger partial charge in [-0.3, -0.25) is 9.69 Å². The molecule has 1 N–H and O–H groups in total. The summed E-state index contributed by atoms with van der Waals surface area (Å²) in [6.07, 6.45) is 5.63. The van der Waals surface area contributed by atoms with Crippen molar-refractivity contribution in [2.75, 3.05) is 20.2 Å². The second-order valence-corrected chi connectivity index (χ2v) is 4.53. The third-order valence-electron chi connectivity index (χ3n) is 3.34. The van der Waals surface area contributed by atoms with Gasteiger partial charge >= 0.3 is 5.97 Å². The molecule has 0 heterocycles. The Kier molecular flexibility index (Phi) is 5.77. The highest BCUT2D eigenvalue weighted by atomic mass is 16.5. The number of rotatable bonds is 6. The molecular formula is C12H23NO3. The van der Waals surface area contributed by atoms with Crippen LogP contribution >= 0.6 is 0 Å². The summed E-state index contributed by atoms with van der Waals surface area (Å²) >= 11 is 0. The van der Waals surface area contributed by atoms with E-state index in [1.807, 2.05) is 0 Å². The van der Waals surface area contributed by atoms with Gasteiger partial charge in [0.05, 0.1) is 12.6 Å². The van der Waals surface area contributed by atoms with Crippen LogP contribution in [0.4, 0.5) is 0 Å². The highest BCUT2D eigenvalue weighted by Crippen LogP contribution is 2.24. The van der Waals surface area contributed by atoms with Gasteiger partial charge in [0.1, 0.15) is 0 Å². The van der Waals surface area contributed by atoms with Crippen molar-refractivity contribution in [3.8, 4) is 0 Å². The van der Waals surface area contributed by atoms with E-state index in [1.165, 1.54) is 0 Å². The largest absolute Gasteiger partial charge is 0.480 e. The van der Waals surface area contributed by atoms with Crippen LogP contribution in [0.5, 0.6) is 0 Å². The van der Waals surface area contributed by atoms with Crippen molar-refractivity contribution in [1.82, 2.24) is 4.90 Å². The van der Waals surface area contributed by atoms with Crippen molar-refractivity contribution in [3.63, 3.8) is 0 Å². The summed E-state index contributed by atoms with van der Waals surface area (Å²) in [5.41, 5.74) is 0. The lowest BCUT2D eigenvalue weighted by molar-refractivity contribution is -0.139. The van der Waals surface area contributed by atoms with Crippen LogP contribution in [0.25, 0.3) is 0 Å². The molecule has 1 fully saturated rings. The van der Waals surface area contributed by atoms with E-state index in [2.05, 4.69) is 11.8 Å². The zero-order chi connectivity index (χ0) is 12.0. The lowest BCUT2D eigenvalue weighted by Crippen LogP contribution is -2.42. The molecule has 0 bridgehead atoms. The molecule has 1 aliphatic rings. The fraction of sp³-hybridized carbons (Fsp3) is 0.917. The van der Waals surface area contributed by atoms with Crippen molar-refractivity contribution in [2.24, 2.45) is 0 Å². The molecule has 0 aromatic rings. The average Bonchev–Trinajstić information content (AvgIpc) is 2.28. The molecular weight excluding hydrogens is 206 g/mol. The third kappa shape index (κ3) is 4.10. The maximum atomic E-state index is 10.8. The number of hydrogen-bond acceptors (Lipinski definition) is 3. The second kappa shape index (κ2) is 6.86. The Bertz CT molecular complexity index is 212. The highest BCUT2D eigenvalue weighted by Gasteiger charge is 2.26. The van der Waals surface area contributed by atoms with E-state index in [1.54, 1.807) is 7.11 Å². The number of methoxy groups -OCH3 is 1. The zero-order valence-electron chi connectivity index (χ0n) is 10.3. The predicted molar refractivity (Wildman–Crippen MR) is 62.6 cm³/mol. The van der Waals surface area contributed by atoms with E-state index in [0.29, 0.717) is 12.1 Å². The van der Waals surface area contributed by atoms with Crippen LogP contribution in [0, 0.1) is 0 Å². The van der Waals surface area contributed by atoms with Crippen molar-refractivity contribution in [2.45, 2.75) is 51.2 Å². The molecule has 1 rings (SSSR count). The molecule has 0 aliphatic heterocycles. The van der Waals surface area contributed by atoms with Crippen LogP contribution in [0.2, 0.25) is 0 Å². The van der Waals surface area contributed by atoms with Crippen LogP contribution < -0.4 is 0 Å². The van der Waals surface area contributed by atoms with Crippen LogP contribution in [0.3, 0.4) is 0 Å². The summed E-state index contributed by atoms with van der Waals surface area (Å²) < 4.78 is 5.33. The zero-order valence-corrected chi connectivity index (χ0v) is 10.3. The van der Waals surface area contributed by atoms with Crippen LogP contribution in [0.1, 0.15) is 39.0 Å². The van der Waals surface area contributed by atoms with Gasteiger partial charge in [-0.1, -0.05) is 6.92 Å². The van der Waals surface area contributed by atoms with Crippen LogP contribution in [-0.2, 0) is 9.53 Å². The van der Waals surface area contributed by atoms with Gasteiger partial charge in [0.15, 0.2) is 0 Å². The van der Waals surface area contributed by atoms with Gasteiger partial charge in [-0.25, -0.2) is 0 Å². The molecule has 0 atom stereocenters. The number of carboxylic acid groups (broad SMARTS) is 1. The number of carboxylic acids is 1. The molecule has 1 aliphatic carbocycles. The van der Waals surface area contributed by atoms with Gasteiger partial charge in [-0.2, -0.15) is 0 Å². The van der Waals surface area contributed by atoms with Gasteiger partial charge in [0.25, 0.3) is 0 Å². The Hall–Kier alpha value is -0.610.